The Kier molecular flexibility index (Phi) is 7.86. The Labute approximate surface area is 211 Å². The van der Waals surface area contributed by atoms with Crippen LogP contribution < -0.4 is 4.74 Å². The normalized spacial score (nSPS) is 13.6. The van der Waals surface area contributed by atoms with Gasteiger partial charge in [0.25, 0.3) is 11.8 Å². The molecule has 1 aliphatic rings. The van der Waals surface area contributed by atoms with Gasteiger partial charge in [-0.1, -0.05) is 30.3 Å². The first-order chi connectivity index (χ1) is 16.7. The van der Waals surface area contributed by atoms with Gasteiger partial charge in [0.2, 0.25) is 0 Å². The smallest absolute Gasteiger partial charge is 0.320 e. The van der Waals surface area contributed by atoms with Gasteiger partial charge in [-0.3, -0.25) is 24.1 Å². The third-order valence-corrected chi connectivity index (χ3v) is 5.21. The topological polar surface area (TPSA) is 99.2 Å². The lowest BCUT2D eigenvalue weighted by Gasteiger charge is -2.27. The van der Waals surface area contributed by atoms with Gasteiger partial charge in [0, 0.05) is 6.54 Å². The Hall–Kier alpha value is -3.68. The van der Waals surface area contributed by atoms with Gasteiger partial charge in [-0.05, 0) is 71.7 Å². The van der Waals surface area contributed by atoms with E-state index in [1.165, 1.54) is 6.07 Å². The molecule has 0 bridgehead atoms. The number of carbonyl (C=O) groups is 4. The summed E-state index contributed by atoms with van der Waals surface area (Å²) in [4.78, 5) is 52.6. The minimum Gasteiger partial charge on any atom is -0.489 e. The highest BCUT2D eigenvalue weighted by Crippen LogP contribution is 2.28. The van der Waals surface area contributed by atoms with Gasteiger partial charge >= 0.3 is 11.9 Å². The fourth-order valence-electron chi connectivity index (χ4n) is 3.64. The maximum Gasteiger partial charge on any atom is 0.320 e. The lowest BCUT2D eigenvalue weighted by Crippen LogP contribution is -2.40. The van der Waals surface area contributed by atoms with Crippen LogP contribution in [0.1, 0.15) is 74.2 Å². The molecule has 2 aromatic carbocycles. The SMILES string of the molecule is CC(C)(C)OC(=O)C(CCN1C(=O)c2ccc(OCc3ccccc3)cc2C1=O)C(=O)OC(C)(C)C. The number of rotatable bonds is 8. The van der Waals surface area contributed by atoms with Crippen LogP contribution in [0.15, 0.2) is 48.5 Å². The number of hydrogen-bond acceptors (Lipinski definition) is 7. The Morgan fingerprint density at radius 1 is 0.806 bits per heavy atom. The highest BCUT2D eigenvalue weighted by molar-refractivity contribution is 6.21. The van der Waals surface area contributed by atoms with Crippen molar-refractivity contribution in [2.75, 3.05) is 6.54 Å². The van der Waals surface area contributed by atoms with E-state index in [9.17, 15) is 19.2 Å². The van der Waals surface area contributed by atoms with Crippen molar-refractivity contribution in [1.29, 1.82) is 0 Å². The molecule has 8 heteroatoms. The van der Waals surface area contributed by atoms with Crippen molar-refractivity contribution in [2.24, 2.45) is 5.92 Å². The third-order valence-electron chi connectivity index (χ3n) is 5.21. The van der Waals surface area contributed by atoms with Crippen LogP contribution in [0.2, 0.25) is 0 Å². The van der Waals surface area contributed by atoms with E-state index < -0.39 is 40.9 Å². The quantitative estimate of drug-likeness (QED) is 0.301. The van der Waals surface area contributed by atoms with Crippen molar-refractivity contribution in [3.63, 3.8) is 0 Å². The highest BCUT2D eigenvalue weighted by Gasteiger charge is 2.39. The second-order valence-electron chi connectivity index (χ2n) is 10.7. The molecule has 0 radical (unpaired) electrons. The Balaban J connectivity index is 1.72. The Bertz CT molecular complexity index is 1110. The van der Waals surface area contributed by atoms with E-state index in [-0.39, 0.29) is 24.1 Å². The van der Waals surface area contributed by atoms with E-state index in [0.717, 1.165) is 10.5 Å². The zero-order valence-electron chi connectivity index (χ0n) is 21.6. The summed E-state index contributed by atoms with van der Waals surface area (Å²) < 4.78 is 16.6. The average molecular weight is 496 g/mol. The summed E-state index contributed by atoms with van der Waals surface area (Å²) in [6, 6.07) is 14.3. The van der Waals surface area contributed by atoms with E-state index in [1.54, 1.807) is 53.7 Å². The van der Waals surface area contributed by atoms with Crippen LogP contribution in [0.3, 0.4) is 0 Å². The fourth-order valence-corrected chi connectivity index (χ4v) is 3.64. The minimum absolute atomic E-state index is 0.118. The van der Waals surface area contributed by atoms with Gasteiger partial charge in [0.05, 0.1) is 11.1 Å². The lowest BCUT2D eigenvalue weighted by molar-refractivity contribution is -0.174. The lowest BCUT2D eigenvalue weighted by atomic mass is 10.0. The maximum atomic E-state index is 13.1. The molecule has 0 aliphatic carbocycles. The van der Waals surface area contributed by atoms with Crippen LogP contribution >= 0.6 is 0 Å². The molecule has 0 aromatic heterocycles. The summed E-state index contributed by atoms with van der Waals surface area (Å²) >= 11 is 0. The summed E-state index contributed by atoms with van der Waals surface area (Å²) in [6.45, 7) is 10.3. The second kappa shape index (κ2) is 10.5. The summed E-state index contributed by atoms with van der Waals surface area (Å²) in [5.74, 6) is -3.34. The summed E-state index contributed by atoms with van der Waals surface area (Å²) in [7, 11) is 0. The van der Waals surface area contributed by atoms with Gasteiger partial charge in [-0.25, -0.2) is 0 Å². The van der Waals surface area contributed by atoms with Crippen LogP contribution in [0.25, 0.3) is 0 Å². The molecule has 2 amide bonds. The molecule has 1 aliphatic heterocycles. The number of ether oxygens (including phenoxy) is 3. The van der Waals surface area contributed by atoms with Crippen LogP contribution in [0.4, 0.5) is 0 Å². The molecule has 0 atom stereocenters. The van der Waals surface area contributed by atoms with Gasteiger partial charge < -0.3 is 14.2 Å². The molecule has 0 spiro atoms. The number of carbonyl (C=O) groups excluding carboxylic acids is 4. The van der Waals surface area contributed by atoms with Gasteiger partial charge in [0.15, 0.2) is 5.92 Å². The monoisotopic (exact) mass is 495 g/mol. The van der Waals surface area contributed by atoms with E-state index in [1.807, 2.05) is 30.3 Å². The molecule has 8 nitrogen and oxygen atoms in total. The largest absolute Gasteiger partial charge is 0.489 e. The maximum absolute atomic E-state index is 13.1. The zero-order chi connectivity index (χ0) is 26.7. The molecule has 36 heavy (non-hydrogen) atoms. The molecule has 0 saturated carbocycles. The van der Waals surface area contributed by atoms with Crippen molar-refractivity contribution in [1.82, 2.24) is 4.90 Å². The number of imide groups is 1. The van der Waals surface area contributed by atoms with Gasteiger partial charge in [-0.2, -0.15) is 0 Å². The number of amides is 2. The first kappa shape index (κ1) is 26.9. The van der Waals surface area contributed by atoms with Crippen molar-refractivity contribution in [3.05, 3.63) is 65.2 Å². The molecule has 1 heterocycles. The van der Waals surface area contributed by atoms with E-state index in [4.69, 9.17) is 14.2 Å². The molecule has 0 unspecified atom stereocenters. The third kappa shape index (κ3) is 6.93. The Morgan fingerprint density at radius 3 is 1.92 bits per heavy atom. The van der Waals surface area contributed by atoms with E-state index in [2.05, 4.69) is 0 Å². The van der Waals surface area contributed by atoms with Crippen molar-refractivity contribution in [2.45, 2.75) is 65.8 Å². The zero-order valence-corrected chi connectivity index (χ0v) is 21.6. The molecule has 0 saturated heterocycles. The van der Waals surface area contributed by atoms with Crippen molar-refractivity contribution >= 4 is 23.8 Å². The second-order valence-corrected chi connectivity index (χ2v) is 10.7. The molecule has 192 valence electrons. The summed E-state index contributed by atoms with van der Waals surface area (Å²) in [6.07, 6.45) is -0.118. The van der Waals surface area contributed by atoms with Crippen LogP contribution in [-0.2, 0) is 25.7 Å². The predicted molar refractivity (Wildman–Crippen MR) is 132 cm³/mol. The number of benzene rings is 2. The fraction of sp³-hybridized carbons (Fsp3) is 0.429. The molecule has 2 aromatic rings. The summed E-state index contributed by atoms with van der Waals surface area (Å²) in [5, 5.41) is 0. The number of nitrogens with zero attached hydrogens (tertiary/aromatic N) is 1. The number of esters is 2. The van der Waals surface area contributed by atoms with Crippen molar-refractivity contribution < 1.29 is 33.4 Å². The standard InChI is InChI=1S/C28H33NO7/c1-27(2,3)35-25(32)21(26(33)36-28(4,5)6)14-15-29-23(30)20-13-12-19(16-22(20)24(29)31)34-17-18-10-8-7-9-11-18/h7-13,16,21H,14-15,17H2,1-6H3. The van der Waals surface area contributed by atoms with Crippen LogP contribution in [0.5, 0.6) is 5.75 Å². The minimum atomic E-state index is -1.28. The molecule has 3 rings (SSSR count). The predicted octanol–water partition coefficient (Wildman–Crippen LogP) is 4.55. The first-order valence-corrected chi connectivity index (χ1v) is 11.9. The van der Waals surface area contributed by atoms with Crippen LogP contribution in [0, 0.1) is 5.92 Å². The molecule has 0 N–H and O–H groups in total. The number of hydrogen-bond donors (Lipinski definition) is 0. The number of fused-ring (bicyclic) bond motifs is 1. The molecule has 0 fully saturated rings. The van der Waals surface area contributed by atoms with Crippen molar-refractivity contribution in [3.8, 4) is 5.75 Å². The van der Waals surface area contributed by atoms with Gasteiger partial charge in [-0.15, -0.1) is 0 Å². The molecular weight excluding hydrogens is 462 g/mol. The van der Waals surface area contributed by atoms with Crippen LogP contribution in [-0.4, -0.2) is 46.4 Å². The first-order valence-electron chi connectivity index (χ1n) is 11.9. The van der Waals surface area contributed by atoms with E-state index in [0.29, 0.717) is 12.4 Å². The summed E-state index contributed by atoms with van der Waals surface area (Å²) in [5.41, 5.74) is -0.196. The highest BCUT2D eigenvalue weighted by atomic mass is 16.6. The Morgan fingerprint density at radius 2 is 1.36 bits per heavy atom. The molecular formula is C28H33NO7. The van der Waals surface area contributed by atoms with Gasteiger partial charge in [0.1, 0.15) is 23.6 Å². The average Bonchev–Trinajstić information content (AvgIpc) is 3.00. The van der Waals surface area contributed by atoms with E-state index >= 15 is 0 Å².